The van der Waals surface area contributed by atoms with E-state index in [0.717, 1.165) is 49.7 Å². The van der Waals surface area contributed by atoms with Crippen molar-refractivity contribution in [3.05, 3.63) is 95.2 Å². The number of unbranched alkanes of at least 4 members (excludes halogenated alkanes) is 2. The molecular weight excluding hydrogens is 472 g/mol. The number of nitrogens with one attached hydrogen (secondary N) is 2. The van der Waals surface area contributed by atoms with E-state index in [9.17, 15) is 4.79 Å². The zero-order valence-electron chi connectivity index (χ0n) is 22.5. The highest BCUT2D eigenvalue weighted by atomic mass is 16.4. The summed E-state index contributed by atoms with van der Waals surface area (Å²) in [5, 5.41) is 18.1. The Morgan fingerprint density at radius 1 is 1.11 bits per heavy atom. The molecule has 1 aliphatic carbocycles. The van der Waals surface area contributed by atoms with Crippen molar-refractivity contribution in [2.24, 2.45) is 16.6 Å². The number of nitrogens with zero attached hydrogens (tertiary/aromatic N) is 1. The quantitative estimate of drug-likeness (QED) is 0.133. The second-order valence-electron chi connectivity index (χ2n) is 9.89. The standard InChI is InChI=1S/C22H29N3O2.C10H11N/c1-16-10-12-19(13-11-16)22(24)25-20(23)15-18-8-5-7-17(14-18)6-3-2-4-9-21(26)27;1-2-8-3-4-10-9(7-8)5-6-11-10/h5,7-8,10,12-14,16H,2-4,6,9,11,15H2,1H3,(H,26,27)(H3,23,24,25);3-7,11H,2H2,1H3. The summed E-state index contributed by atoms with van der Waals surface area (Å²) in [6.45, 7) is 4.32. The van der Waals surface area contributed by atoms with Crippen LogP contribution in [0.4, 0.5) is 0 Å². The van der Waals surface area contributed by atoms with Crippen molar-refractivity contribution in [1.82, 2.24) is 4.98 Å². The Balaban J connectivity index is 0.000000299. The fourth-order valence-corrected chi connectivity index (χ4v) is 4.36. The third-order valence-electron chi connectivity index (χ3n) is 6.60. The zero-order valence-corrected chi connectivity index (χ0v) is 22.5. The Labute approximate surface area is 225 Å². The first kappa shape index (κ1) is 28.6. The summed E-state index contributed by atoms with van der Waals surface area (Å²) in [6, 6.07) is 16.8. The monoisotopic (exact) mass is 512 g/mol. The molecule has 1 aromatic heterocycles. The van der Waals surface area contributed by atoms with Crippen molar-refractivity contribution in [2.75, 3.05) is 0 Å². The number of aliphatic carboxylic acids is 1. The first-order chi connectivity index (χ1) is 18.3. The lowest BCUT2D eigenvalue weighted by atomic mass is 9.98. The number of aromatic amines is 1. The number of carboxylic acid groups (broad SMARTS) is 1. The van der Waals surface area contributed by atoms with Crippen LogP contribution in [0, 0.1) is 11.3 Å². The van der Waals surface area contributed by atoms with Gasteiger partial charge >= 0.3 is 5.97 Å². The summed E-state index contributed by atoms with van der Waals surface area (Å²) in [5.74, 6) is 0.429. The molecule has 0 saturated heterocycles. The molecule has 5 N–H and O–H groups in total. The highest BCUT2D eigenvalue weighted by molar-refractivity contribution is 6.06. The number of aliphatic imine (C=N–C) groups is 1. The average molecular weight is 513 g/mol. The normalized spacial score (nSPS) is 15.1. The highest BCUT2D eigenvalue weighted by Gasteiger charge is 2.08. The predicted octanol–water partition coefficient (Wildman–Crippen LogP) is 7.00. The summed E-state index contributed by atoms with van der Waals surface area (Å²) in [5.41, 5.74) is 11.8. The molecule has 1 heterocycles. The van der Waals surface area contributed by atoms with E-state index in [4.69, 9.17) is 16.2 Å². The van der Waals surface area contributed by atoms with Crippen molar-refractivity contribution in [1.29, 1.82) is 5.41 Å². The number of benzene rings is 2. The number of hydrogen-bond acceptors (Lipinski definition) is 2. The number of fused-ring (bicyclic) bond motifs is 1. The Morgan fingerprint density at radius 3 is 2.66 bits per heavy atom. The Kier molecular flexibility index (Phi) is 11.1. The van der Waals surface area contributed by atoms with Crippen LogP contribution >= 0.6 is 0 Å². The number of rotatable bonds is 10. The van der Waals surface area contributed by atoms with Gasteiger partial charge in [-0.25, -0.2) is 4.99 Å². The first-order valence-electron chi connectivity index (χ1n) is 13.5. The van der Waals surface area contributed by atoms with Crippen LogP contribution in [0.5, 0.6) is 0 Å². The SMILES string of the molecule is CC1C=CC(C(=N)N=C(N)Cc2cccc(CCCCCC(=O)O)c2)=CC1.CCc1ccc2[nH]ccc2c1. The van der Waals surface area contributed by atoms with E-state index in [1.54, 1.807) is 0 Å². The Bertz CT molecular complexity index is 1320. The number of aromatic nitrogens is 1. The van der Waals surface area contributed by atoms with Gasteiger partial charge in [0.25, 0.3) is 0 Å². The van der Waals surface area contributed by atoms with Crippen LogP contribution in [0.2, 0.25) is 0 Å². The molecule has 0 spiro atoms. The molecule has 0 bridgehead atoms. The summed E-state index contributed by atoms with van der Waals surface area (Å²) >= 11 is 0. The fourth-order valence-electron chi connectivity index (χ4n) is 4.36. The van der Waals surface area contributed by atoms with Crippen molar-refractivity contribution in [3.63, 3.8) is 0 Å². The van der Waals surface area contributed by atoms with Gasteiger partial charge in [0.1, 0.15) is 5.84 Å². The molecular formula is C32H40N4O2. The minimum atomic E-state index is -0.730. The average Bonchev–Trinajstić information content (AvgIpc) is 3.37. The van der Waals surface area contributed by atoms with Crippen LogP contribution in [-0.2, 0) is 24.1 Å². The topological polar surface area (TPSA) is 115 Å². The van der Waals surface area contributed by atoms with E-state index in [-0.39, 0.29) is 12.3 Å². The molecule has 6 heteroatoms. The van der Waals surface area contributed by atoms with Gasteiger partial charge in [-0.2, -0.15) is 0 Å². The third kappa shape index (κ3) is 9.51. The van der Waals surface area contributed by atoms with Gasteiger partial charge in [0.15, 0.2) is 5.84 Å². The molecule has 1 aliphatic rings. The van der Waals surface area contributed by atoms with Crippen molar-refractivity contribution in [2.45, 2.75) is 65.2 Å². The van der Waals surface area contributed by atoms with Crippen LogP contribution in [0.25, 0.3) is 10.9 Å². The molecule has 200 valence electrons. The fraction of sp³-hybridized carbons (Fsp3) is 0.344. The summed E-state index contributed by atoms with van der Waals surface area (Å²) in [6.07, 6.45) is 14.4. The Morgan fingerprint density at radius 2 is 1.92 bits per heavy atom. The number of hydrogen-bond donors (Lipinski definition) is 4. The molecule has 0 aliphatic heterocycles. The molecule has 6 nitrogen and oxygen atoms in total. The minimum absolute atomic E-state index is 0.213. The smallest absolute Gasteiger partial charge is 0.303 e. The van der Waals surface area contributed by atoms with Crippen LogP contribution in [0.3, 0.4) is 0 Å². The van der Waals surface area contributed by atoms with E-state index < -0.39 is 5.97 Å². The number of allylic oxidation sites excluding steroid dienone is 2. The second kappa shape index (κ2) is 14.7. The largest absolute Gasteiger partial charge is 0.481 e. The Hall–Kier alpha value is -3.93. The van der Waals surface area contributed by atoms with Crippen molar-refractivity contribution in [3.8, 4) is 0 Å². The molecule has 3 aromatic rings. The van der Waals surface area contributed by atoms with Gasteiger partial charge < -0.3 is 15.8 Å². The van der Waals surface area contributed by atoms with Gasteiger partial charge in [-0.05, 0) is 78.3 Å². The lowest BCUT2D eigenvalue weighted by Crippen LogP contribution is -2.18. The molecule has 38 heavy (non-hydrogen) atoms. The molecule has 0 amide bonds. The number of H-pyrrole nitrogens is 1. The molecule has 0 radical (unpaired) electrons. The zero-order chi connectivity index (χ0) is 27.3. The minimum Gasteiger partial charge on any atom is -0.481 e. The van der Waals surface area contributed by atoms with Gasteiger partial charge in [0, 0.05) is 30.1 Å². The molecule has 0 saturated carbocycles. The van der Waals surface area contributed by atoms with E-state index in [1.165, 1.54) is 22.0 Å². The molecule has 2 aromatic carbocycles. The van der Waals surface area contributed by atoms with E-state index >= 15 is 0 Å². The number of nitrogens with two attached hydrogens (primary N) is 1. The summed E-state index contributed by atoms with van der Waals surface area (Å²) in [4.78, 5) is 18.0. The van der Waals surface area contributed by atoms with Crippen LogP contribution in [0.15, 0.2) is 83.5 Å². The number of amidine groups is 2. The molecule has 1 unspecified atom stereocenters. The van der Waals surface area contributed by atoms with Gasteiger partial charge in [0.2, 0.25) is 0 Å². The number of carboxylic acids is 1. The summed E-state index contributed by atoms with van der Waals surface area (Å²) < 4.78 is 0. The van der Waals surface area contributed by atoms with E-state index in [1.807, 2.05) is 30.5 Å². The lowest BCUT2D eigenvalue weighted by Gasteiger charge is -2.11. The predicted molar refractivity (Wildman–Crippen MR) is 158 cm³/mol. The third-order valence-corrected chi connectivity index (χ3v) is 6.60. The van der Waals surface area contributed by atoms with Gasteiger partial charge in [-0.1, -0.05) is 68.8 Å². The van der Waals surface area contributed by atoms with Crippen molar-refractivity contribution < 1.29 is 9.90 Å². The highest BCUT2D eigenvalue weighted by Crippen LogP contribution is 2.17. The van der Waals surface area contributed by atoms with Crippen molar-refractivity contribution >= 4 is 28.5 Å². The van der Waals surface area contributed by atoms with Gasteiger partial charge in [-0.3, -0.25) is 10.2 Å². The second-order valence-corrected chi connectivity index (χ2v) is 9.89. The lowest BCUT2D eigenvalue weighted by molar-refractivity contribution is -0.137. The number of carbonyl (C=O) groups is 1. The van der Waals surface area contributed by atoms with Crippen LogP contribution in [-0.4, -0.2) is 27.7 Å². The van der Waals surface area contributed by atoms with Gasteiger partial charge in [0.05, 0.1) is 0 Å². The maximum Gasteiger partial charge on any atom is 0.303 e. The number of aryl methyl sites for hydroxylation is 2. The molecule has 0 fully saturated rings. The first-order valence-corrected chi connectivity index (χ1v) is 13.5. The summed E-state index contributed by atoms with van der Waals surface area (Å²) in [7, 11) is 0. The van der Waals surface area contributed by atoms with Crippen LogP contribution < -0.4 is 5.73 Å². The van der Waals surface area contributed by atoms with E-state index in [0.29, 0.717) is 18.2 Å². The maximum atomic E-state index is 10.5. The van der Waals surface area contributed by atoms with E-state index in [2.05, 4.69) is 66.3 Å². The molecule has 1 atom stereocenters. The van der Waals surface area contributed by atoms with Gasteiger partial charge in [-0.15, -0.1) is 0 Å². The molecule has 4 rings (SSSR count). The van der Waals surface area contributed by atoms with Crippen LogP contribution in [0.1, 0.15) is 62.6 Å². The maximum absolute atomic E-state index is 10.5.